The number of thiophene rings is 1. The molecule has 1 unspecified atom stereocenters. The number of nitrogens with one attached hydrogen (secondary N) is 1. The van der Waals surface area contributed by atoms with Crippen LogP contribution in [0.4, 0.5) is 11.8 Å². The zero-order chi connectivity index (χ0) is 12.4. The molecule has 4 nitrogen and oxygen atoms in total. The first kappa shape index (κ1) is 12.1. The lowest BCUT2D eigenvalue weighted by atomic mass is 10.2. The van der Waals surface area contributed by atoms with Gasteiger partial charge >= 0.3 is 0 Å². The van der Waals surface area contributed by atoms with E-state index in [0.29, 0.717) is 12.0 Å². The van der Waals surface area contributed by atoms with Crippen LogP contribution in [0.5, 0.6) is 0 Å². The molecule has 0 saturated carbocycles. The van der Waals surface area contributed by atoms with Crippen molar-refractivity contribution in [3.8, 4) is 0 Å². The van der Waals surface area contributed by atoms with Gasteiger partial charge in [0.15, 0.2) is 0 Å². The van der Waals surface area contributed by atoms with Gasteiger partial charge in [0.1, 0.15) is 5.82 Å². The third-order valence-corrected chi connectivity index (χ3v) is 3.66. The van der Waals surface area contributed by atoms with E-state index in [2.05, 4.69) is 36.1 Å². The van der Waals surface area contributed by atoms with Crippen LogP contribution in [0.2, 0.25) is 0 Å². The number of aromatic nitrogens is 2. The molecule has 0 saturated heterocycles. The highest BCUT2D eigenvalue weighted by atomic mass is 32.1. The fraction of sp³-hybridized carbons (Fsp3) is 0.500. The fourth-order valence-electron chi connectivity index (χ4n) is 1.90. The van der Waals surface area contributed by atoms with Crippen LogP contribution in [0.3, 0.4) is 0 Å². The molecule has 2 heterocycles. The van der Waals surface area contributed by atoms with E-state index in [9.17, 15) is 0 Å². The van der Waals surface area contributed by atoms with E-state index in [1.807, 2.05) is 6.07 Å². The Kier molecular flexibility index (Phi) is 3.47. The first-order valence-corrected chi connectivity index (χ1v) is 6.72. The summed E-state index contributed by atoms with van der Waals surface area (Å²) in [5.41, 5.74) is 6.66. The molecule has 1 atom stereocenters. The molecule has 0 aliphatic heterocycles. The lowest BCUT2D eigenvalue weighted by molar-refractivity contribution is 0.688. The van der Waals surface area contributed by atoms with Gasteiger partial charge in [-0.3, -0.25) is 0 Å². The Morgan fingerprint density at radius 2 is 2.24 bits per heavy atom. The number of nitrogens with two attached hydrogens (primary N) is 1. The lowest BCUT2D eigenvalue weighted by Crippen LogP contribution is -2.16. The topological polar surface area (TPSA) is 63.8 Å². The van der Waals surface area contributed by atoms with Gasteiger partial charge < -0.3 is 11.1 Å². The van der Waals surface area contributed by atoms with E-state index in [-0.39, 0.29) is 0 Å². The SMILES string of the molecule is CCCC(C)Nc1nc(N)nc2cc(C)sc12. The standard InChI is InChI=1S/C12H18N4S/c1-4-5-7(2)14-11-10-9(6-8(3)17-10)15-12(13)16-11/h6-7H,4-5H2,1-3H3,(H3,13,14,15,16). The van der Waals surface area contributed by atoms with Gasteiger partial charge in [0.05, 0.1) is 10.2 Å². The van der Waals surface area contributed by atoms with Crippen LogP contribution in [-0.2, 0) is 0 Å². The van der Waals surface area contributed by atoms with Crippen molar-refractivity contribution in [2.24, 2.45) is 0 Å². The van der Waals surface area contributed by atoms with Crippen LogP contribution in [0.1, 0.15) is 31.6 Å². The summed E-state index contributed by atoms with van der Waals surface area (Å²) in [6.45, 7) is 6.41. The summed E-state index contributed by atoms with van der Waals surface area (Å²) in [7, 11) is 0. The Balaban J connectivity index is 2.37. The van der Waals surface area contributed by atoms with Crippen molar-refractivity contribution in [2.45, 2.75) is 39.7 Å². The molecule has 0 aromatic carbocycles. The maximum Gasteiger partial charge on any atom is 0.222 e. The lowest BCUT2D eigenvalue weighted by Gasteiger charge is -2.14. The molecule has 2 aromatic rings. The minimum Gasteiger partial charge on any atom is -0.368 e. The minimum atomic E-state index is 0.335. The summed E-state index contributed by atoms with van der Waals surface area (Å²) >= 11 is 1.70. The van der Waals surface area contributed by atoms with E-state index in [0.717, 1.165) is 28.9 Å². The molecule has 0 aliphatic carbocycles. The van der Waals surface area contributed by atoms with Crippen LogP contribution in [-0.4, -0.2) is 16.0 Å². The van der Waals surface area contributed by atoms with E-state index in [4.69, 9.17) is 5.73 Å². The van der Waals surface area contributed by atoms with E-state index >= 15 is 0 Å². The molecule has 2 aromatic heterocycles. The second-order valence-electron chi connectivity index (χ2n) is 4.34. The number of hydrogen-bond donors (Lipinski definition) is 2. The quantitative estimate of drug-likeness (QED) is 0.874. The number of nitrogens with zero attached hydrogens (tertiary/aromatic N) is 2. The van der Waals surface area contributed by atoms with Gasteiger partial charge in [0.2, 0.25) is 5.95 Å². The van der Waals surface area contributed by atoms with Crippen molar-refractivity contribution in [2.75, 3.05) is 11.1 Å². The Labute approximate surface area is 105 Å². The van der Waals surface area contributed by atoms with Crippen LogP contribution in [0, 0.1) is 6.92 Å². The molecule has 0 bridgehead atoms. The van der Waals surface area contributed by atoms with Gasteiger partial charge in [-0.05, 0) is 26.3 Å². The maximum atomic E-state index is 5.73. The molecular formula is C12H18N4S. The average molecular weight is 250 g/mol. The molecule has 0 radical (unpaired) electrons. The predicted octanol–water partition coefficient (Wildman–Crippen LogP) is 3.18. The molecule has 0 amide bonds. The van der Waals surface area contributed by atoms with Crippen molar-refractivity contribution in [3.63, 3.8) is 0 Å². The molecule has 0 spiro atoms. The summed E-state index contributed by atoms with van der Waals surface area (Å²) in [6.07, 6.45) is 2.27. The van der Waals surface area contributed by atoms with E-state index in [1.165, 1.54) is 4.88 Å². The first-order valence-electron chi connectivity index (χ1n) is 5.90. The maximum absolute atomic E-state index is 5.73. The third-order valence-electron chi connectivity index (χ3n) is 2.62. The van der Waals surface area contributed by atoms with Crippen molar-refractivity contribution in [1.82, 2.24) is 9.97 Å². The van der Waals surface area contributed by atoms with Gasteiger partial charge in [-0.1, -0.05) is 13.3 Å². The largest absolute Gasteiger partial charge is 0.368 e. The highest BCUT2D eigenvalue weighted by molar-refractivity contribution is 7.19. The number of hydrogen-bond acceptors (Lipinski definition) is 5. The fourth-order valence-corrected chi connectivity index (χ4v) is 2.81. The second kappa shape index (κ2) is 4.87. The van der Waals surface area contributed by atoms with Crippen LogP contribution >= 0.6 is 11.3 Å². The van der Waals surface area contributed by atoms with E-state index in [1.54, 1.807) is 11.3 Å². The van der Waals surface area contributed by atoms with Gasteiger partial charge in [0, 0.05) is 10.9 Å². The predicted molar refractivity (Wildman–Crippen MR) is 74.6 cm³/mol. The van der Waals surface area contributed by atoms with E-state index < -0.39 is 0 Å². The molecule has 17 heavy (non-hydrogen) atoms. The van der Waals surface area contributed by atoms with Crippen LogP contribution in [0.25, 0.3) is 10.2 Å². The molecule has 0 fully saturated rings. The second-order valence-corrected chi connectivity index (χ2v) is 5.59. The third kappa shape index (κ3) is 2.66. The molecule has 2 rings (SSSR count). The highest BCUT2D eigenvalue weighted by Crippen LogP contribution is 2.30. The summed E-state index contributed by atoms with van der Waals surface area (Å²) < 4.78 is 1.10. The number of anilines is 2. The minimum absolute atomic E-state index is 0.335. The summed E-state index contributed by atoms with van der Waals surface area (Å²) in [5, 5.41) is 3.42. The van der Waals surface area contributed by atoms with Gasteiger partial charge in [-0.15, -0.1) is 11.3 Å². The Morgan fingerprint density at radius 3 is 2.94 bits per heavy atom. The van der Waals surface area contributed by atoms with Crippen molar-refractivity contribution in [3.05, 3.63) is 10.9 Å². The zero-order valence-electron chi connectivity index (χ0n) is 10.4. The van der Waals surface area contributed by atoms with Gasteiger partial charge in [0.25, 0.3) is 0 Å². The summed E-state index contributed by atoms with van der Waals surface area (Å²) in [6, 6.07) is 2.45. The smallest absolute Gasteiger partial charge is 0.222 e. The highest BCUT2D eigenvalue weighted by Gasteiger charge is 2.11. The summed E-state index contributed by atoms with van der Waals surface area (Å²) in [4.78, 5) is 9.78. The van der Waals surface area contributed by atoms with Gasteiger partial charge in [-0.25, -0.2) is 4.98 Å². The Bertz CT molecular complexity index is 520. The molecule has 3 N–H and O–H groups in total. The number of nitrogen functional groups attached to an aromatic ring is 1. The monoisotopic (exact) mass is 250 g/mol. The van der Waals surface area contributed by atoms with Crippen molar-refractivity contribution < 1.29 is 0 Å². The Hall–Kier alpha value is -1.36. The first-order chi connectivity index (χ1) is 8.10. The summed E-state index contributed by atoms with van der Waals surface area (Å²) in [5.74, 6) is 1.20. The zero-order valence-corrected chi connectivity index (χ0v) is 11.3. The molecular weight excluding hydrogens is 232 g/mol. The number of rotatable bonds is 4. The average Bonchev–Trinajstić information content (AvgIpc) is 2.58. The van der Waals surface area contributed by atoms with Crippen molar-refractivity contribution >= 4 is 33.3 Å². The molecule has 5 heteroatoms. The molecule has 92 valence electrons. The molecule has 0 aliphatic rings. The van der Waals surface area contributed by atoms with Crippen LogP contribution in [0.15, 0.2) is 6.07 Å². The van der Waals surface area contributed by atoms with Gasteiger partial charge in [-0.2, -0.15) is 4.98 Å². The number of aryl methyl sites for hydroxylation is 1. The van der Waals surface area contributed by atoms with Crippen molar-refractivity contribution in [1.29, 1.82) is 0 Å². The Morgan fingerprint density at radius 1 is 1.47 bits per heavy atom. The number of fused-ring (bicyclic) bond motifs is 1. The normalized spacial score (nSPS) is 12.9. The van der Waals surface area contributed by atoms with Crippen LogP contribution < -0.4 is 11.1 Å².